The van der Waals surface area contributed by atoms with Crippen molar-refractivity contribution >= 4 is 5.96 Å². The van der Waals surface area contributed by atoms with Crippen LogP contribution in [0.3, 0.4) is 0 Å². The lowest BCUT2D eigenvalue weighted by Gasteiger charge is -2.13. The van der Waals surface area contributed by atoms with E-state index in [9.17, 15) is 8.78 Å². The van der Waals surface area contributed by atoms with Gasteiger partial charge in [0.1, 0.15) is 12.4 Å². The molecule has 0 aliphatic heterocycles. The van der Waals surface area contributed by atoms with E-state index in [1.54, 1.807) is 25.2 Å². The Kier molecular flexibility index (Phi) is 7.01. The van der Waals surface area contributed by atoms with E-state index < -0.39 is 13.0 Å². The Morgan fingerprint density at radius 1 is 1.00 bits per heavy atom. The van der Waals surface area contributed by atoms with Gasteiger partial charge in [-0.25, -0.2) is 8.78 Å². The molecular weight excluding hydrogens is 312 g/mol. The van der Waals surface area contributed by atoms with E-state index in [0.717, 1.165) is 11.1 Å². The first-order chi connectivity index (χ1) is 11.7. The number of halogens is 2. The summed E-state index contributed by atoms with van der Waals surface area (Å²) in [5, 5.41) is 6.40. The zero-order chi connectivity index (χ0) is 17.2. The molecule has 6 heteroatoms. The monoisotopic (exact) mass is 333 g/mol. The highest BCUT2D eigenvalue weighted by molar-refractivity contribution is 5.79. The Balaban J connectivity index is 1.83. The number of aliphatic imine (C=N–C) groups is 1. The average Bonchev–Trinajstić information content (AvgIpc) is 2.61. The van der Waals surface area contributed by atoms with Crippen LogP contribution in [0.25, 0.3) is 0 Å². The van der Waals surface area contributed by atoms with E-state index in [4.69, 9.17) is 4.74 Å². The maximum atomic E-state index is 12.2. The number of alkyl halides is 2. The quantitative estimate of drug-likeness (QED) is 0.604. The van der Waals surface area contributed by atoms with Gasteiger partial charge in [0.25, 0.3) is 6.43 Å². The fourth-order valence-electron chi connectivity index (χ4n) is 2.09. The maximum absolute atomic E-state index is 12.2. The predicted octanol–water partition coefficient (Wildman–Crippen LogP) is 3.20. The van der Waals surface area contributed by atoms with Crippen LogP contribution in [0.2, 0.25) is 0 Å². The first-order valence-corrected chi connectivity index (χ1v) is 7.65. The maximum Gasteiger partial charge on any atom is 0.272 e. The van der Waals surface area contributed by atoms with Gasteiger partial charge in [0.2, 0.25) is 0 Å². The number of hydrogen-bond acceptors (Lipinski definition) is 2. The molecule has 0 radical (unpaired) electrons. The molecule has 0 aromatic heterocycles. The second-order valence-corrected chi connectivity index (χ2v) is 5.11. The van der Waals surface area contributed by atoms with Crippen LogP contribution in [0.4, 0.5) is 8.78 Å². The van der Waals surface area contributed by atoms with Crippen molar-refractivity contribution in [2.24, 2.45) is 4.99 Å². The minimum atomic E-state index is -2.48. The van der Waals surface area contributed by atoms with Crippen LogP contribution < -0.4 is 15.4 Å². The van der Waals surface area contributed by atoms with Crippen LogP contribution in [-0.4, -0.2) is 26.0 Å². The third-order valence-corrected chi connectivity index (χ3v) is 3.26. The van der Waals surface area contributed by atoms with Gasteiger partial charge < -0.3 is 15.4 Å². The summed E-state index contributed by atoms with van der Waals surface area (Å²) in [4.78, 5) is 4.16. The standard InChI is InChI=1S/C18H21F2N3O/c1-21-18(22-11-14-6-3-2-4-7-14)23-12-15-8-5-9-16(10-15)24-13-17(19)20/h2-10,17H,11-13H2,1H3,(H2,21,22,23). The van der Waals surface area contributed by atoms with Crippen LogP contribution >= 0.6 is 0 Å². The van der Waals surface area contributed by atoms with Crippen molar-refractivity contribution in [3.63, 3.8) is 0 Å². The number of nitrogens with zero attached hydrogens (tertiary/aromatic N) is 1. The second-order valence-electron chi connectivity index (χ2n) is 5.11. The lowest BCUT2D eigenvalue weighted by atomic mass is 10.2. The topological polar surface area (TPSA) is 45.7 Å². The van der Waals surface area contributed by atoms with Crippen molar-refractivity contribution in [1.29, 1.82) is 0 Å². The summed E-state index contributed by atoms with van der Waals surface area (Å²) in [5.41, 5.74) is 2.08. The highest BCUT2D eigenvalue weighted by Crippen LogP contribution is 2.14. The normalized spacial score (nSPS) is 11.4. The van der Waals surface area contributed by atoms with Gasteiger partial charge in [-0.15, -0.1) is 0 Å². The van der Waals surface area contributed by atoms with Crippen LogP contribution in [0.1, 0.15) is 11.1 Å². The van der Waals surface area contributed by atoms with E-state index in [0.29, 0.717) is 24.8 Å². The van der Waals surface area contributed by atoms with E-state index in [-0.39, 0.29) is 0 Å². The zero-order valence-corrected chi connectivity index (χ0v) is 13.5. The molecule has 0 atom stereocenters. The molecule has 0 fully saturated rings. The summed E-state index contributed by atoms with van der Waals surface area (Å²) in [6.07, 6.45) is -2.48. The summed E-state index contributed by atoms with van der Waals surface area (Å²) < 4.78 is 29.4. The van der Waals surface area contributed by atoms with Crippen LogP contribution in [-0.2, 0) is 13.1 Å². The number of rotatable bonds is 7. The van der Waals surface area contributed by atoms with E-state index >= 15 is 0 Å². The van der Waals surface area contributed by atoms with E-state index in [1.165, 1.54) is 0 Å². The van der Waals surface area contributed by atoms with Gasteiger partial charge in [-0.2, -0.15) is 0 Å². The Bertz CT molecular complexity index is 648. The lowest BCUT2D eigenvalue weighted by Crippen LogP contribution is -2.36. The lowest BCUT2D eigenvalue weighted by molar-refractivity contribution is 0.0818. The Morgan fingerprint density at radius 2 is 1.67 bits per heavy atom. The molecule has 2 N–H and O–H groups in total. The van der Waals surface area contributed by atoms with Crippen molar-refractivity contribution in [2.75, 3.05) is 13.7 Å². The largest absolute Gasteiger partial charge is 0.488 e. The molecule has 4 nitrogen and oxygen atoms in total. The summed E-state index contributed by atoms with van der Waals surface area (Å²) in [6.45, 7) is 0.579. The van der Waals surface area contributed by atoms with Gasteiger partial charge >= 0.3 is 0 Å². The highest BCUT2D eigenvalue weighted by atomic mass is 19.3. The van der Waals surface area contributed by atoms with Gasteiger partial charge in [-0.1, -0.05) is 42.5 Å². The minimum Gasteiger partial charge on any atom is -0.488 e. The second kappa shape index (κ2) is 9.50. The number of guanidine groups is 1. The first-order valence-electron chi connectivity index (χ1n) is 7.65. The molecule has 0 saturated carbocycles. The molecular formula is C18H21F2N3O. The Labute approximate surface area is 140 Å². The van der Waals surface area contributed by atoms with E-state index in [1.807, 2.05) is 36.4 Å². The third-order valence-electron chi connectivity index (χ3n) is 3.26. The minimum absolute atomic E-state index is 0.432. The number of nitrogens with one attached hydrogen (secondary N) is 2. The van der Waals surface area contributed by atoms with Gasteiger partial charge in [0.15, 0.2) is 5.96 Å². The molecule has 0 aliphatic rings. The third kappa shape index (κ3) is 6.24. The SMILES string of the molecule is CN=C(NCc1ccccc1)NCc1cccc(OCC(F)F)c1. The summed E-state index contributed by atoms with van der Waals surface area (Å²) in [6, 6.07) is 17.1. The molecule has 0 aliphatic carbocycles. The molecule has 0 saturated heterocycles. The molecule has 0 amide bonds. The number of ether oxygens (including phenoxy) is 1. The van der Waals surface area contributed by atoms with Gasteiger partial charge in [0.05, 0.1) is 0 Å². The first kappa shape index (κ1) is 17.7. The fourth-order valence-corrected chi connectivity index (χ4v) is 2.09. The number of benzene rings is 2. The molecule has 0 unspecified atom stereocenters. The number of hydrogen-bond donors (Lipinski definition) is 2. The van der Waals surface area contributed by atoms with Gasteiger partial charge in [-0.05, 0) is 23.3 Å². The molecule has 0 heterocycles. The summed E-state index contributed by atoms with van der Waals surface area (Å²) in [5.74, 6) is 1.10. The zero-order valence-electron chi connectivity index (χ0n) is 13.5. The smallest absolute Gasteiger partial charge is 0.272 e. The molecule has 24 heavy (non-hydrogen) atoms. The Morgan fingerprint density at radius 3 is 2.33 bits per heavy atom. The predicted molar refractivity (Wildman–Crippen MR) is 91.4 cm³/mol. The van der Waals surface area contributed by atoms with Crippen molar-refractivity contribution < 1.29 is 13.5 Å². The molecule has 0 spiro atoms. The van der Waals surface area contributed by atoms with Crippen LogP contribution in [0, 0.1) is 0 Å². The average molecular weight is 333 g/mol. The van der Waals surface area contributed by atoms with Gasteiger partial charge in [0, 0.05) is 20.1 Å². The van der Waals surface area contributed by atoms with Crippen LogP contribution in [0.5, 0.6) is 5.75 Å². The van der Waals surface area contributed by atoms with E-state index in [2.05, 4.69) is 15.6 Å². The molecule has 2 rings (SSSR count). The highest BCUT2D eigenvalue weighted by Gasteiger charge is 2.04. The van der Waals surface area contributed by atoms with Crippen molar-refractivity contribution in [2.45, 2.75) is 19.5 Å². The van der Waals surface area contributed by atoms with Crippen molar-refractivity contribution in [1.82, 2.24) is 10.6 Å². The molecule has 2 aromatic carbocycles. The fraction of sp³-hybridized carbons (Fsp3) is 0.278. The molecule has 2 aromatic rings. The summed E-state index contributed by atoms with van der Waals surface area (Å²) in [7, 11) is 1.70. The summed E-state index contributed by atoms with van der Waals surface area (Å²) >= 11 is 0. The Hall–Kier alpha value is -2.63. The van der Waals surface area contributed by atoms with Crippen LogP contribution in [0.15, 0.2) is 59.6 Å². The molecule has 128 valence electrons. The van der Waals surface area contributed by atoms with Crippen molar-refractivity contribution in [3.05, 3.63) is 65.7 Å². The molecule has 0 bridgehead atoms. The van der Waals surface area contributed by atoms with Crippen molar-refractivity contribution in [3.8, 4) is 5.75 Å². The van der Waals surface area contributed by atoms with Gasteiger partial charge in [-0.3, -0.25) is 4.99 Å².